The third-order valence-corrected chi connectivity index (χ3v) is 8.04. The Labute approximate surface area is 222 Å². The molecule has 0 saturated heterocycles. The van der Waals surface area contributed by atoms with Gasteiger partial charge in [-0.1, -0.05) is 29.8 Å². The SMILES string of the molecule is Cc1cc(NS(=O)(=O)c2ccc(NC(=O)c3cc(-c4ccc(Cl)s4)nc4ccccc34)cc2)nc(C)n1. The number of rotatable bonds is 6. The first-order valence-electron chi connectivity index (χ1n) is 11.1. The molecule has 2 N–H and O–H groups in total. The number of carbonyl (C=O) groups is 1. The maximum absolute atomic E-state index is 13.3. The molecule has 0 aliphatic heterocycles. The lowest BCUT2D eigenvalue weighted by Crippen LogP contribution is -2.15. The number of hydrogen-bond acceptors (Lipinski definition) is 7. The van der Waals surface area contributed by atoms with Gasteiger partial charge in [-0.05, 0) is 62.4 Å². The van der Waals surface area contributed by atoms with Gasteiger partial charge in [0.05, 0.1) is 30.9 Å². The van der Waals surface area contributed by atoms with Gasteiger partial charge in [0, 0.05) is 22.8 Å². The van der Waals surface area contributed by atoms with Crippen molar-refractivity contribution in [1.82, 2.24) is 15.0 Å². The van der Waals surface area contributed by atoms with Gasteiger partial charge >= 0.3 is 0 Å². The van der Waals surface area contributed by atoms with Crippen LogP contribution >= 0.6 is 22.9 Å². The normalized spacial score (nSPS) is 11.4. The Balaban J connectivity index is 1.40. The number of nitrogens with one attached hydrogen (secondary N) is 2. The lowest BCUT2D eigenvalue weighted by Gasteiger charge is -2.11. The second kappa shape index (κ2) is 9.89. The van der Waals surface area contributed by atoms with E-state index in [1.165, 1.54) is 35.6 Å². The number of aromatic nitrogens is 3. The number of benzene rings is 2. The smallest absolute Gasteiger partial charge is 0.263 e. The van der Waals surface area contributed by atoms with Crippen molar-refractivity contribution < 1.29 is 13.2 Å². The number of hydrogen-bond donors (Lipinski definition) is 2. The fourth-order valence-electron chi connectivity index (χ4n) is 3.82. The van der Waals surface area contributed by atoms with Crippen molar-refractivity contribution in [2.45, 2.75) is 18.7 Å². The molecule has 0 atom stereocenters. The van der Waals surface area contributed by atoms with Gasteiger partial charge in [-0.15, -0.1) is 11.3 Å². The number of carbonyl (C=O) groups excluding carboxylic acids is 1. The van der Waals surface area contributed by atoms with E-state index in [2.05, 4.69) is 25.0 Å². The number of sulfonamides is 1. The zero-order chi connectivity index (χ0) is 26.2. The summed E-state index contributed by atoms with van der Waals surface area (Å²) < 4.78 is 28.7. The Hall–Kier alpha value is -3.86. The van der Waals surface area contributed by atoms with Gasteiger partial charge in [0.1, 0.15) is 11.6 Å². The maximum Gasteiger partial charge on any atom is 0.263 e. The summed E-state index contributed by atoms with van der Waals surface area (Å²) in [7, 11) is -3.88. The summed E-state index contributed by atoms with van der Waals surface area (Å²) in [6.45, 7) is 3.45. The second-order valence-electron chi connectivity index (χ2n) is 8.20. The summed E-state index contributed by atoms with van der Waals surface area (Å²) in [6.07, 6.45) is 0. The number of fused-ring (bicyclic) bond motifs is 1. The molecule has 8 nitrogen and oxygen atoms in total. The fourth-order valence-corrected chi connectivity index (χ4v) is 5.82. The number of thiophene rings is 1. The monoisotopic (exact) mass is 549 g/mol. The minimum atomic E-state index is -3.88. The van der Waals surface area contributed by atoms with Crippen molar-refractivity contribution in [3.8, 4) is 10.6 Å². The Bertz CT molecular complexity index is 1730. The van der Waals surface area contributed by atoms with Crippen LogP contribution in [-0.4, -0.2) is 29.3 Å². The minimum Gasteiger partial charge on any atom is -0.322 e. The van der Waals surface area contributed by atoms with Gasteiger partial charge < -0.3 is 5.32 Å². The van der Waals surface area contributed by atoms with Crippen LogP contribution in [-0.2, 0) is 10.0 Å². The van der Waals surface area contributed by atoms with Crippen LogP contribution in [0.25, 0.3) is 21.5 Å². The minimum absolute atomic E-state index is 0.0330. The molecule has 0 aliphatic rings. The molecule has 5 aromatic rings. The van der Waals surface area contributed by atoms with E-state index >= 15 is 0 Å². The zero-order valence-corrected chi connectivity index (χ0v) is 22.1. The Kier molecular flexibility index (Phi) is 6.63. The molecule has 0 aliphatic carbocycles. The molecular weight excluding hydrogens is 530 g/mol. The number of anilines is 2. The van der Waals surface area contributed by atoms with Gasteiger partial charge in [-0.3, -0.25) is 9.52 Å². The number of halogens is 1. The van der Waals surface area contributed by atoms with Crippen LogP contribution in [0.4, 0.5) is 11.5 Å². The summed E-state index contributed by atoms with van der Waals surface area (Å²) in [6, 6.07) is 20.2. The standard InChI is InChI=1S/C26H20ClN5O3S2/c1-15-13-25(29-16(2)28-15)32-37(34,35)18-9-7-17(8-10-18)30-26(33)20-14-22(23-11-12-24(27)36-23)31-21-6-4-3-5-19(20)21/h3-14H,1-2H3,(H,30,33)(H,28,29,32). The quantitative estimate of drug-likeness (QED) is 0.265. The largest absolute Gasteiger partial charge is 0.322 e. The van der Waals surface area contributed by atoms with Crippen LogP contribution in [0.3, 0.4) is 0 Å². The molecule has 0 spiro atoms. The Morgan fingerprint density at radius 3 is 2.38 bits per heavy atom. The highest BCUT2D eigenvalue weighted by Gasteiger charge is 2.18. The van der Waals surface area contributed by atoms with Crippen molar-refractivity contribution in [3.05, 3.63) is 94.2 Å². The van der Waals surface area contributed by atoms with Gasteiger partial charge in [0.2, 0.25) is 0 Å². The van der Waals surface area contributed by atoms with E-state index in [1.54, 1.807) is 32.0 Å². The number of aryl methyl sites for hydroxylation is 2. The molecule has 2 aromatic carbocycles. The molecule has 3 heterocycles. The lowest BCUT2D eigenvalue weighted by molar-refractivity contribution is 0.102. The van der Waals surface area contributed by atoms with Crippen LogP contribution in [0.15, 0.2) is 77.7 Å². The van der Waals surface area contributed by atoms with Crippen LogP contribution in [0.5, 0.6) is 0 Å². The van der Waals surface area contributed by atoms with Crippen molar-refractivity contribution in [2.24, 2.45) is 0 Å². The van der Waals surface area contributed by atoms with Gasteiger partial charge in [0.15, 0.2) is 0 Å². The van der Waals surface area contributed by atoms with E-state index in [0.717, 1.165) is 4.88 Å². The van der Waals surface area contributed by atoms with Crippen molar-refractivity contribution in [3.63, 3.8) is 0 Å². The fraction of sp³-hybridized carbons (Fsp3) is 0.0769. The summed E-state index contributed by atoms with van der Waals surface area (Å²) in [5.41, 5.74) is 2.86. The molecular formula is C26H20ClN5O3S2. The molecule has 0 radical (unpaired) electrons. The molecule has 5 rings (SSSR count). The molecule has 0 fully saturated rings. The first-order valence-corrected chi connectivity index (χ1v) is 13.8. The van der Waals surface area contributed by atoms with E-state index in [4.69, 9.17) is 11.6 Å². The lowest BCUT2D eigenvalue weighted by atomic mass is 10.1. The highest BCUT2D eigenvalue weighted by molar-refractivity contribution is 7.92. The van der Waals surface area contributed by atoms with Crippen molar-refractivity contribution in [1.29, 1.82) is 0 Å². The molecule has 37 heavy (non-hydrogen) atoms. The van der Waals surface area contributed by atoms with E-state index in [0.29, 0.717) is 43.7 Å². The number of amides is 1. The highest BCUT2D eigenvalue weighted by atomic mass is 35.5. The van der Waals surface area contributed by atoms with E-state index < -0.39 is 10.0 Å². The highest BCUT2D eigenvalue weighted by Crippen LogP contribution is 2.32. The average molecular weight is 550 g/mol. The summed E-state index contributed by atoms with van der Waals surface area (Å²) in [5.74, 6) is 0.308. The molecule has 1 amide bonds. The number of pyridine rings is 1. The third-order valence-electron chi connectivity index (χ3n) is 5.41. The predicted octanol–water partition coefficient (Wildman–Crippen LogP) is 6.08. The first kappa shape index (κ1) is 24.8. The second-order valence-corrected chi connectivity index (χ2v) is 11.6. The Morgan fingerprint density at radius 2 is 1.68 bits per heavy atom. The molecule has 186 valence electrons. The summed E-state index contributed by atoms with van der Waals surface area (Å²) >= 11 is 7.48. The first-order chi connectivity index (χ1) is 17.7. The van der Waals surface area contributed by atoms with Crippen LogP contribution in [0, 0.1) is 13.8 Å². The molecule has 0 saturated carbocycles. The van der Waals surface area contributed by atoms with Crippen molar-refractivity contribution in [2.75, 3.05) is 10.0 Å². The van der Waals surface area contributed by atoms with Crippen LogP contribution < -0.4 is 10.0 Å². The van der Waals surface area contributed by atoms with Crippen LogP contribution in [0.2, 0.25) is 4.34 Å². The van der Waals surface area contributed by atoms with Crippen molar-refractivity contribution >= 4 is 61.3 Å². The topological polar surface area (TPSA) is 114 Å². The number of nitrogens with zero attached hydrogens (tertiary/aromatic N) is 3. The van der Waals surface area contributed by atoms with E-state index in [-0.39, 0.29) is 16.6 Å². The van der Waals surface area contributed by atoms with E-state index in [1.807, 2.05) is 30.3 Å². The van der Waals surface area contributed by atoms with Gasteiger partial charge in [0.25, 0.3) is 15.9 Å². The molecule has 0 unspecified atom stereocenters. The maximum atomic E-state index is 13.3. The molecule has 0 bridgehead atoms. The number of para-hydroxylation sites is 1. The van der Waals surface area contributed by atoms with Gasteiger partial charge in [-0.25, -0.2) is 23.4 Å². The summed E-state index contributed by atoms with van der Waals surface area (Å²) in [5, 5.41) is 3.55. The summed E-state index contributed by atoms with van der Waals surface area (Å²) in [4.78, 5) is 27.1. The predicted molar refractivity (Wildman–Crippen MR) is 147 cm³/mol. The molecule has 11 heteroatoms. The van der Waals surface area contributed by atoms with E-state index in [9.17, 15) is 13.2 Å². The third kappa shape index (κ3) is 5.46. The Morgan fingerprint density at radius 1 is 0.919 bits per heavy atom. The average Bonchev–Trinajstić information content (AvgIpc) is 3.29. The zero-order valence-electron chi connectivity index (χ0n) is 19.7. The molecule has 3 aromatic heterocycles. The van der Waals surface area contributed by atoms with Gasteiger partial charge in [-0.2, -0.15) is 0 Å². The van der Waals surface area contributed by atoms with Crippen LogP contribution in [0.1, 0.15) is 21.9 Å².